The highest BCUT2D eigenvalue weighted by Crippen LogP contribution is 2.20. The molecule has 0 aliphatic carbocycles. The van der Waals surface area contributed by atoms with Crippen molar-refractivity contribution in [1.82, 2.24) is 14.9 Å². The van der Waals surface area contributed by atoms with Gasteiger partial charge >= 0.3 is 0 Å². The number of rotatable bonds is 8. The van der Waals surface area contributed by atoms with E-state index in [9.17, 15) is 4.79 Å². The average molecular weight is 467 g/mol. The predicted octanol–water partition coefficient (Wildman–Crippen LogP) is 4.68. The predicted molar refractivity (Wildman–Crippen MR) is 123 cm³/mol. The molecular weight excluding hydrogens is 440 g/mol. The van der Waals surface area contributed by atoms with Gasteiger partial charge in [0.1, 0.15) is 5.82 Å². The van der Waals surface area contributed by atoms with Gasteiger partial charge in [0.25, 0.3) is 0 Å². The summed E-state index contributed by atoms with van der Waals surface area (Å²) in [6.07, 6.45) is 13.2. The number of aryl methyl sites for hydroxylation is 1. The molecule has 2 aromatic rings. The molecule has 0 bridgehead atoms. The van der Waals surface area contributed by atoms with Crippen LogP contribution in [0.15, 0.2) is 51.7 Å². The Balaban J connectivity index is 1.37. The molecule has 3 heterocycles. The van der Waals surface area contributed by atoms with Gasteiger partial charge < -0.3 is 4.90 Å². The molecule has 1 amide bonds. The lowest BCUT2D eigenvalue weighted by Crippen LogP contribution is -2.29. The second-order valence-electron chi connectivity index (χ2n) is 7.94. The van der Waals surface area contributed by atoms with Crippen molar-refractivity contribution in [3.8, 4) is 0 Å². The molecule has 4 rings (SSSR count). The van der Waals surface area contributed by atoms with E-state index < -0.39 is 0 Å². The SMILES string of the molecule is O=C(Cc1cccc(Cc2ncc(Br)c(CCCC3=CCC=N3)n2)c1)N1CCCC1. The molecule has 0 atom stereocenters. The summed E-state index contributed by atoms with van der Waals surface area (Å²) < 4.78 is 0.958. The van der Waals surface area contributed by atoms with Gasteiger partial charge in [0.2, 0.25) is 5.91 Å². The Hall–Kier alpha value is -2.34. The average Bonchev–Trinajstić information content (AvgIpc) is 3.45. The summed E-state index contributed by atoms with van der Waals surface area (Å²) in [6, 6.07) is 8.26. The number of hydrogen-bond donors (Lipinski definition) is 0. The van der Waals surface area contributed by atoms with E-state index in [-0.39, 0.29) is 5.91 Å². The summed E-state index contributed by atoms with van der Waals surface area (Å²) in [4.78, 5) is 28.1. The van der Waals surface area contributed by atoms with Crippen molar-refractivity contribution >= 4 is 28.1 Å². The molecule has 0 radical (unpaired) electrons. The van der Waals surface area contributed by atoms with E-state index in [0.29, 0.717) is 12.8 Å². The van der Waals surface area contributed by atoms with E-state index in [4.69, 9.17) is 4.98 Å². The highest BCUT2D eigenvalue weighted by molar-refractivity contribution is 9.10. The molecule has 5 nitrogen and oxygen atoms in total. The van der Waals surface area contributed by atoms with Gasteiger partial charge in [-0.3, -0.25) is 9.79 Å². The van der Waals surface area contributed by atoms with Crippen LogP contribution in [0.5, 0.6) is 0 Å². The molecule has 0 unspecified atom stereocenters. The van der Waals surface area contributed by atoms with Crippen molar-refractivity contribution in [2.75, 3.05) is 13.1 Å². The highest BCUT2D eigenvalue weighted by atomic mass is 79.9. The molecule has 2 aliphatic rings. The van der Waals surface area contributed by atoms with Gasteiger partial charge in [0.15, 0.2) is 0 Å². The molecule has 156 valence electrons. The zero-order valence-electron chi connectivity index (χ0n) is 17.2. The summed E-state index contributed by atoms with van der Waals surface area (Å²) in [5.74, 6) is 1.04. The van der Waals surface area contributed by atoms with Gasteiger partial charge in [-0.1, -0.05) is 30.3 Å². The third-order valence-corrected chi connectivity index (χ3v) is 6.26. The van der Waals surface area contributed by atoms with Crippen LogP contribution in [0.2, 0.25) is 0 Å². The third-order valence-electron chi connectivity index (χ3n) is 5.60. The first-order valence-corrected chi connectivity index (χ1v) is 11.5. The molecule has 1 aromatic heterocycles. The summed E-state index contributed by atoms with van der Waals surface area (Å²) in [5, 5.41) is 0. The molecule has 2 aliphatic heterocycles. The van der Waals surface area contributed by atoms with Crippen LogP contribution in [-0.2, 0) is 24.1 Å². The van der Waals surface area contributed by atoms with Crippen molar-refractivity contribution in [2.24, 2.45) is 4.99 Å². The number of aromatic nitrogens is 2. The minimum absolute atomic E-state index is 0.230. The topological polar surface area (TPSA) is 58.5 Å². The smallest absolute Gasteiger partial charge is 0.226 e. The van der Waals surface area contributed by atoms with Crippen molar-refractivity contribution in [2.45, 2.75) is 51.4 Å². The maximum absolute atomic E-state index is 12.4. The van der Waals surface area contributed by atoms with Crippen molar-refractivity contribution in [1.29, 1.82) is 0 Å². The Morgan fingerprint density at radius 1 is 1.13 bits per heavy atom. The Morgan fingerprint density at radius 3 is 2.77 bits per heavy atom. The first-order valence-electron chi connectivity index (χ1n) is 10.7. The van der Waals surface area contributed by atoms with E-state index in [1.807, 2.05) is 29.4 Å². The van der Waals surface area contributed by atoms with Crippen LogP contribution in [-0.4, -0.2) is 40.1 Å². The molecular formula is C24H27BrN4O. The van der Waals surface area contributed by atoms with Crippen LogP contribution < -0.4 is 0 Å². The highest BCUT2D eigenvalue weighted by Gasteiger charge is 2.18. The van der Waals surface area contributed by atoms with Crippen LogP contribution in [0.25, 0.3) is 0 Å². The van der Waals surface area contributed by atoms with Gasteiger partial charge in [0.05, 0.1) is 16.6 Å². The quantitative estimate of drug-likeness (QED) is 0.567. The van der Waals surface area contributed by atoms with E-state index in [2.05, 4.69) is 44.1 Å². The van der Waals surface area contributed by atoms with Gasteiger partial charge in [-0.05, 0) is 59.2 Å². The summed E-state index contributed by atoms with van der Waals surface area (Å²) >= 11 is 3.59. The number of nitrogens with zero attached hydrogens (tertiary/aromatic N) is 4. The van der Waals surface area contributed by atoms with Crippen LogP contribution in [0, 0.1) is 0 Å². The molecule has 0 N–H and O–H groups in total. The lowest BCUT2D eigenvalue weighted by molar-refractivity contribution is -0.129. The number of allylic oxidation sites excluding steroid dienone is 2. The summed E-state index contributed by atoms with van der Waals surface area (Å²) in [6.45, 7) is 1.80. The largest absolute Gasteiger partial charge is 0.342 e. The molecule has 6 heteroatoms. The van der Waals surface area contributed by atoms with E-state index in [0.717, 1.165) is 78.7 Å². The molecule has 1 fully saturated rings. The number of halogens is 1. The zero-order chi connectivity index (χ0) is 20.8. The fraction of sp³-hybridized carbons (Fsp3) is 0.417. The van der Waals surface area contributed by atoms with Gasteiger partial charge in [-0.2, -0.15) is 0 Å². The number of hydrogen-bond acceptors (Lipinski definition) is 4. The van der Waals surface area contributed by atoms with Crippen molar-refractivity contribution in [3.05, 3.63) is 69.4 Å². The first-order chi connectivity index (χ1) is 14.7. The standard InChI is InChI=1S/C24H27BrN4O/c25-21-17-27-23(28-22(21)10-4-8-20-9-5-11-26-20)15-18-6-3-7-19(14-18)16-24(30)29-12-1-2-13-29/h3,6-7,9,11,14,17H,1-2,4-5,8,10,12-13,15-16H2. The lowest BCUT2D eigenvalue weighted by Gasteiger charge is -2.15. The number of likely N-dealkylation sites (tertiary alicyclic amines) is 1. The molecule has 0 spiro atoms. The Labute approximate surface area is 186 Å². The minimum atomic E-state index is 0.230. The van der Waals surface area contributed by atoms with Crippen molar-refractivity contribution < 1.29 is 4.79 Å². The second kappa shape index (κ2) is 10.1. The van der Waals surface area contributed by atoms with Crippen LogP contribution in [0.3, 0.4) is 0 Å². The fourth-order valence-electron chi connectivity index (χ4n) is 4.00. The first kappa shape index (κ1) is 20.9. The zero-order valence-corrected chi connectivity index (χ0v) is 18.8. The number of benzene rings is 1. The number of carbonyl (C=O) groups is 1. The Morgan fingerprint density at radius 2 is 1.97 bits per heavy atom. The third kappa shape index (κ3) is 5.63. The molecule has 30 heavy (non-hydrogen) atoms. The van der Waals surface area contributed by atoms with Crippen molar-refractivity contribution in [3.63, 3.8) is 0 Å². The fourth-order valence-corrected chi connectivity index (χ4v) is 4.39. The van der Waals surface area contributed by atoms with Gasteiger partial charge in [-0.15, -0.1) is 0 Å². The van der Waals surface area contributed by atoms with Gasteiger partial charge in [-0.25, -0.2) is 9.97 Å². The number of aliphatic imine (C=N–C) groups is 1. The van der Waals surface area contributed by atoms with E-state index >= 15 is 0 Å². The molecule has 1 saturated heterocycles. The summed E-state index contributed by atoms with van der Waals surface area (Å²) in [7, 11) is 0. The van der Waals surface area contributed by atoms with E-state index in [1.165, 1.54) is 5.70 Å². The Bertz CT molecular complexity index is 963. The van der Waals surface area contributed by atoms with Crippen LogP contribution in [0.1, 0.15) is 54.7 Å². The Kier molecular flexibility index (Phi) is 7.05. The normalized spacial score (nSPS) is 15.6. The maximum atomic E-state index is 12.4. The minimum Gasteiger partial charge on any atom is -0.342 e. The molecule has 1 aromatic carbocycles. The number of amides is 1. The van der Waals surface area contributed by atoms with Crippen LogP contribution >= 0.6 is 15.9 Å². The van der Waals surface area contributed by atoms with Crippen LogP contribution in [0.4, 0.5) is 0 Å². The monoisotopic (exact) mass is 466 g/mol. The lowest BCUT2D eigenvalue weighted by atomic mass is 10.0. The van der Waals surface area contributed by atoms with Gasteiger partial charge in [0, 0.05) is 44.0 Å². The molecule has 0 saturated carbocycles. The second-order valence-corrected chi connectivity index (χ2v) is 8.79. The maximum Gasteiger partial charge on any atom is 0.226 e. The van der Waals surface area contributed by atoms with E-state index in [1.54, 1.807) is 0 Å². The summed E-state index contributed by atoms with van der Waals surface area (Å²) in [5.41, 5.74) is 4.43. The number of carbonyl (C=O) groups excluding carboxylic acids is 1.